The predicted octanol–water partition coefficient (Wildman–Crippen LogP) is 4.56. The molecule has 0 fully saturated rings. The second kappa shape index (κ2) is 5.02. The van der Waals surface area contributed by atoms with E-state index >= 15 is 0 Å². The summed E-state index contributed by atoms with van der Waals surface area (Å²) in [6, 6.07) is 13.9. The summed E-state index contributed by atoms with van der Waals surface area (Å²) in [6.45, 7) is 1.92. The van der Waals surface area contributed by atoms with E-state index in [4.69, 9.17) is 8.83 Å². The minimum Gasteiger partial charge on any atom is -0.464 e. The van der Waals surface area contributed by atoms with Gasteiger partial charge in [0.15, 0.2) is 0 Å². The van der Waals surface area contributed by atoms with Crippen molar-refractivity contribution >= 4 is 27.6 Å². The molecule has 0 aliphatic carbocycles. The number of anilines is 1. The fourth-order valence-electron chi connectivity index (χ4n) is 3.00. The van der Waals surface area contributed by atoms with Crippen LogP contribution in [0, 0.1) is 6.92 Å². The molecule has 2 heterocycles. The lowest BCUT2D eigenvalue weighted by Gasteiger charge is -2.07. The lowest BCUT2D eigenvalue weighted by Crippen LogP contribution is -2.09. The Morgan fingerprint density at radius 1 is 1.00 bits per heavy atom. The quantitative estimate of drug-likeness (QED) is 0.552. The third-order valence-corrected chi connectivity index (χ3v) is 4.20. The minimum atomic E-state index is -0.369. The number of hydrogen-bond donors (Lipinski definition) is 1. The third-order valence-electron chi connectivity index (χ3n) is 4.20. The SMILES string of the molecule is CNc1c(C)c2cc3c(-c4ccccc4)coc3cc2oc1=O. The zero-order valence-corrected chi connectivity index (χ0v) is 12.8. The molecule has 4 rings (SSSR count). The van der Waals surface area contributed by atoms with Gasteiger partial charge < -0.3 is 14.2 Å². The number of fused-ring (bicyclic) bond motifs is 2. The van der Waals surface area contributed by atoms with Crippen LogP contribution >= 0.6 is 0 Å². The van der Waals surface area contributed by atoms with Crippen LogP contribution < -0.4 is 10.9 Å². The Morgan fingerprint density at radius 3 is 2.52 bits per heavy atom. The standard InChI is InChI=1S/C19H15NO3/c1-11-13-8-14-15(12-6-4-3-5-7-12)10-22-16(14)9-17(13)23-19(21)18(11)20-2/h3-10,20H,1-2H3. The van der Waals surface area contributed by atoms with Crippen molar-refractivity contribution in [3.05, 3.63) is 64.7 Å². The molecule has 4 heteroatoms. The van der Waals surface area contributed by atoms with Crippen LogP contribution in [-0.2, 0) is 0 Å². The van der Waals surface area contributed by atoms with E-state index in [9.17, 15) is 4.79 Å². The third kappa shape index (κ3) is 2.03. The van der Waals surface area contributed by atoms with Gasteiger partial charge in [0.2, 0.25) is 0 Å². The maximum absolute atomic E-state index is 12.0. The van der Waals surface area contributed by atoms with E-state index in [1.807, 2.05) is 43.3 Å². The Bertz CT molecular complexity index is 1070. The molecule has 0 unspecified atom stereocenters. The van der Waals surface area contributed by atoms with Gasteiger partial charge in [-0.05, 0) is 24.1 Å². The molecule has 0 spiro atoms. The van der Waals surface area contributed by atoms with Crippen molar-refractivity contribution in [2.24, 2.45) is 0 Å². The van der Waals surface area contributed by atoms with Crippen molar-refractivity contribution in [3.63, 3.8) is 0 Å². The topological polar surface area (TPSA) is 55.4 Å². The zero-order valence-electron chi connectivity index (χ0n) is 12.8. The van der Waals surface area contributed by atoms with Crippen molar-refractivity contribution in [1.29, 1.82) is 0 Å². The van der Waals surface area contributed by atoms with Gasteiger partial charge in [0.25, 0.3) is 0 Å². The van der Waals surface area contributed by atoms with Gasteiger partial charge in [-0.15, -0.1) is 0 Å². The Kier molecular flexibility index (Phi) is 2.98. The second-order valence-electron chi connectivity index (χ2n) is 5.50. The highest BCUT2D eigenvalue weighted by Crippen LogP contribution is 2.34. The number of rotatable bonds is 2. The summed E-state index contributed by atoms with van der Waals surface area (Å²) in [4.78, 5) is 12.0. The van der Waals surface area contributed by atoms with Gasteiger partial charge in [-0.1, -0.05) is 30.3 Å². The molecule has 2 aromatic heterocycles. The van der Waals surface area contributed by atoms with Gasteiger partial charge in [-0.25, -0.2) is 4.79 Å². The molecule has 0 amide bonds. The number of furan rings is 1. The average molecular weight is 305 g/mol. The fraction of sp³-hybridized carbons (Fsp3) is 0.105. The molecule has 0 bridgehead atoms. The fourth-order valence-corrected chi connectivity index (χ4v) is 3.00. The van der Waals surface area contributed by atoms with E-state index in [1.54, 1.807) is 19.4 Å². The Hall–Kier alpha value is -3.01. The molecule has 0 saturated heterocycles. The molecule has 0 radical (unpaired) electrons. The zero-order chi connectivity index (χ0) is 16.0. The molecule has 4 nitrogen and oxygen atoms in total. The summed E-state index contributed by atoms with van der Waals surface area (Å²) in [7, 11) is 1.72. The first-order chi connectivity index (χ1) is 11.2. The van der Waals surface area contributed by atoms with Crippen molar-refractivity contribution in [3.8, 4) is 11.1 Å². The van der Waals surface area contributed by atoms with Crippen LogP contribution in [0.1, 0.15) is 5.56 Å². The predicted molar refractivity (Wildman–Crippen MR) is 92.0 cm³/mol. The number of benzene rings is 2. The summed E-state index contributed by atoms with van der Waals surface area (Å²) < 4.78 is 11.1. The van der Waals surface area contributed by atoms with E-state index in [0.717, 1.165) is 27.5 Å². The maximum Gasteiger partial charge on any atom is 0.360 e. The normalized spacial score (nSPS) is 11.2. The highest BCUT2D eigenvalue weighted by Gasteiger charge is 2.14. The summed E-state index contributed by atoms with van der Waals surface area (Å²) in [6.07, 6.45) is 1.74. The molecular formula is C19H15NO3. The van der Waals surface area contributed by atoms with Gasteiger partial charge in [0.05, 0.1) is 6.26 Å². The summed E-state index contributed by atoms with van der Waals surface area (Å²) in [5, 5.41) is 4.82. The molecule has 0 aliphatic heterocycles. The lowest BCUT2D eigenvalue weighted by molar-refractivity contribution is 0.560. The summed E-state index contributed by atoms with van der Waals surface area (Å²) in [5.41, 5.74) is 4.35. The molecule has 2 aromatic carbocycles. The van der Waals surface area contributed by atoms with Crippen LogP contribution in [0.5, 0.6) is 0 Å². The van der Waals surface area contributed by atoms with E-state index in [1.165, 1.54) is 0 Å². The lowest BCUT2D eigenvalue weighted by atomic mass is 10.0. The first kappa shape index (κ1) is 13.6. The first-order valence-corrected chi connectivity index (χ1v) is 7.41. The molecule has 0 atom stereocenters. The van der Waals surface area contributed by atoms with Gasteiger partial charge in [-0.2, -0.15) is 0 Å². The minimum absolute atomic E-state index is 0.369. The molecule has 114 valence electrons. The van der Waals surface area contributed by atoms with Crippen molar-refractivity contribution in [1.82, 2.24) is 0 Å². The molecular weight excluding hydrogens is 290 g/mol. The van der Waals surface area contributed by atoms with Crippen LogP contribution in [-0.4, -0.2) is 7.05 Å². The van der Waals surface area contributed by atoms with E-state index < -0.39 is 0 Å². The highest BCUT2D eigenvalue weighted by molar-refractivity contribution is 6.02. The molecule has 1 N–H and O–H groups in total. The van der Waals surface area contributed by atoms with Gasteiger partial charge in [-0.3, -0.25) is 0 Å². The van der Waals surface area contributed by atoms with Crippen LogP contribution in [0.25, 0.3) is 33.1 Å². The van der Waals surface area contributed by atoms with E-state index in [-0.39, 0.29) is 5.63 Å². The smallest absolute Gasteiger partial charge is 0.360 e. The number of hydrogen-bond acceptors (Lipinski definition) is 4. The highest BCUT2D eigenvalue weighted by atomic mass is 16.4. The van der Waals surface area contributed by atoms with Crippen molar-refractivity contribution in [2.75, 3.05) is 12.4 Å². The van der Waals surface area contributed by atoms with Crippen LogP contribution in [0.2, 0.25) is 0 Å². The molecule has 23 heavy (non-hydrogen) atoms. The Morgan fingerprint density at radius 2 is 1.78 bits per heavy atom. The molecule has 4 aromatic rings. The van der Waals surface area contributed by atoms with Crippen molar-refractivity contribution in [2.45, 2.75) is 6.92 Å². The second-order valence-corrected chi connectivity index (χ2v) is 5.50. The first-order valence-electron chi connectivity index (χ1n) is 7.41. The largest absolute Gasteiger partial charge is 0.464 e. The number of nitrogens with one attached hydrogen (secondary N) is 1. The van der Waals surface area contributed by atoms with E-state index in [0.29, 0.717) is 16.9 Å². The van der Waals surface area contributed by atoms with Gasteiger partial charge in [0, 0.05) is 29.4 Å². The van der Waals surface area contributed by atoms with Crippen LogP contribution in [0.3, 0.4) is 0 Å². The monoisotopic (exact) mass is 305 g/mol. The van der Waals surface area contributed by atoms with E-state index in [2.05, 4.69) is 5.32 Å². The summed E-state index contributed by atoms with van der Waals surface area (Å²) in [5.74, 6) is 0. The Labute approximate surface area is 132 Å². The van der Waals surface area contributed by atoms with Crippen LogP contribution in [0.15, 0.2) is 62.4 Å². The van der Waals surface area contributed by atoms with Crippen LogP contribution in [0.4, 0.5) is 5.69 Å². The summed E-state index contributed by atoms with van der Waals surface area (Å²) >= 11 is 0. The number of aryl methyl sites for hydroxylation is 1. The average Bonchev–Trinajstić information content (AvgIpc) is 2.97. The van der Waals surface area contributed by atoms with Gasteiger partial charge in [0.1, 0.15) is 16.9 Å². The maximum atomic E-state index is 12.0. The van der Waals surface area contributed by atoms with Crippen molar-refractivity contribution < 1.29 is 8.83 Å². The molecule has 0 saturated carbocycles. The Balaban J connectivity index is 2.08. The molecule has 0 aliphatic rings. The van der Waals surface area contributed by atoms with Gasteiger partial charge >= 0.3 is 5.63 Å².